The molecule has 0 fully saturated rings. The topological polar surface area (TPSA) is 53.1 Å². The number of aryl methyl sites for hydroxylation is 1. The first kappa shape index (κ1) is 12.4. The summed E-state index contributed by atoms with van der Waals surface area (Å²) < 4.78 is 7.40. The molecule has 0 aliphatic carbocycles. The molecule has 2 rings (SSSR count). The predicted molar refractivity (Wildman–Crippen MR) is 69.2 cm³/mol. The van der Waals surface area contributed by atoms with Crippen LogP contribution in [0, 0.1) is 0 Å². The Kier molecular flexibility index (Phi) is 3.66. The average molecular weight is 254 g/mol. The van der Waals surface area contributed by atoms with Crippen LogP contribution < -0.4 is 5.73 Å². The molecule has 0 bridgehead atoms. The summed E-state index contributed by atoms with van der Waals surface area (Å²) in [6.45, 7) is 3.24. The van der Waals surface area contributed by atoms with Crippen LogP contribution in [-0.4, -0.2) is 23.2 Å². The molecule has 1 heterocycles. The van der Waals surface area contributed by atoms with Gasteiger partial charge in [-0.1, -0.05) is 17.7 Å². The molecular weight excluding hydrogens is 238 g/mol. The lowest BCUT2D eigenvalue weighted by Crippen LogP contribution is -2.18. The zero-order valence-corrected chi connectivity index (χ0v) is 10.7. The Morgan fingerprint density at radius 1 is 1.53 bits per heavy atom. The number of hydrogen-bond acceptors (Lipinski definition) is 3. The van der Waals surface area contributed by atoms with Gasteiger partial charge < -0.3 is 15.0 Å². The molecule has 0 amide bonds. The molecule has 0 aliphatic heterocycles. The highest BCUT2D eigenvalue weighted by atomic mass is 35.5. The van der Waals surface area contributed by atoms with E-state index in [-0.39, 0.29) is 6.10 Å². The summed E-state index contributed by atoms with van der Waals surface area (Å²) in [7, 11) is 1.64. The maximum Gasteiger partial charge on any atom is 0.140 e. The van der Waals surface area contributed by atoms with Crippen LogP contribution in [0.25, 0.3) is 11.0 Å². The second-order valence-electron chi connectivity index (χ2n) is 3.78. The Morgan fingerprint density at radius 2 is 2.29 bits per heavy atom. The van der Waals surface area contributed by atoms with Gasteiger partial charge in [0.15, 0.2) is 0 Å². The van der Waals surface area contributed by atoms with Crippen molar-refractivity contribution in [3.05, 3.63) is 29.0 Å². The highest BCUT2D eigenvalue weighted by Gasteiger charge is 2.19. The lowest BCUT2D eigenvalue weighted by molar-refractivity contribution is 0.100. The second-order valence-corrected chi connectivity index (χ2v) is 4.19. The minimum atomic E-state index is -0.196. The second kappa shape index (κ2) is 5.04. The number of nitrogens with zero attached hydrogens (tertiary/aromatic N) is 2. The van der Waals surface area contributed by atoms with Gasteiger partial charge in [0.25, 0.3) is 0 Å². The van der Waals surface area contributed by atoms with Crippen molar-refractivity contribution in [2.75, 3.05) is 13.7 Å². The van der Waals surface area contributed by atoms with Gasteiger partial charge in [0.2, 0.25) is 0 Å². The summed E-state index contributed by atoms with van der Waals surface area (Å²) in [5, 5.41) is 0.704. The molecule has 1 aromatic carbocycles. The third kappa shape index (κ3) is 2.04. The normalized spacial score (nSPS) is 13.2. The number of para-hydroxylation sites is 1. The van der Waals surface area contributed by atoms with Crippen molar-refractivity contribution < 1.29 is 4.74 Å². The zero-order chi connectivity index (χ0) is 12.4. The number of aromatic nitrogens is 2. The number of halogens is 1. The van der Waals surface area contributed by atoms with E-state index in [9.17, 15) is 0 Å². The molecule has 92 valence electrons. The standard InChI is InChI=1S/C12H16ClN3O/c1-3-16-11-8(13)5-4-6-9(11)15-12(16)10(7-14)17-2/h4-6,10H,3,7,14H2,1-2H3. The Hall–Kier alpha value is -1.10. The lowest BCUT2D eigenvalue weighted by Gasteiger charge is -2.14. The van der Waals surface area contributed by atoms with Crippen molar-refractivity contribution >= 4 is 22.6 Å². The van der Waals surface area contributed by atoms with Gasteiger partial charge in [-0.3, -0.25) is 0 Å². The van der Waals surface area contributed by atoms with Crippen LogP contribution in [0.3, 0.4) is 0 Å². The Labute approximate surface area is 105 Å². The van der Waals surface area contributed by atoms with Crippen LogP contribution in [0.5, 0.6) is 0 Å². The number of methoxy groups -OCH3 is 1. The van der Waals surface area contributed by atoms with E-state index in [1.807, 2.05) is 18.2 Å². The van der Waals surface area contributed by atoms with Crippen LogP contribution in [0.4, 0.5) is 0 Å². The monoisotopic (exact) mass is 253 g/mol. The van der Waals surface area contributed by atoms with Gasteiger partial charge in [-0.05, 0) is 19.1 Å². The van der Waals surface area contributed by atoms with Crippen molar-refractivity contribution in [1.29, 1.82) is 0 Å². The molecule has 0 saturated heterocycles. The lowest BCUT2D eigenvalue weighted by atomic mass is 10.3. The SMILES string of the molecule is CCn1c(C(CN)OC)nc2cccc(Cl)c21. The number of nitrogens with two attached hydrogens (primary N) is 1. The van der Waals surface area contributed by atoms with Gasteiger partial charge in [0.1, 0.15) is 11.9 Å². The molecule has 5 heteroatoms. The maximum absolute atomic E-state index is 6.21. The summed E-state index contributed by atoms with van der Waals surface area (Å²) in [6.07, 6.45) is -0.196. The molecule has 0 saturated carbocycles. The predicted octanol–water partition coefficient (Wildman–Crippen LogP) is 2.36. The molecule has 0 spiro atoms. The molecule has 1 unspecified atom stereocenters. The van der Waals surface area contributed by atoms with Crippen molar-refractivity contribution in [2.45, 2.75) is 19.6 Å². The molecule has 2 aromatic rings. The molecule has 0 aliphatic rings. The minimum Gasteiger partial charge on any atom is -0.372 e. The first-order chi connectivity index (χ1) is 8.22. The third-order valence-corrected chi connectivity index (χ3v) is 3.15. The van der Waals surface area contributed by atoms with Crippen LogP contribution in [0.2, 0.25) is 5.02 Å². The first-order valence-electron chi connectivity index (χ1n) is 5.60. The summed E-state index contributed by atoms with van der Waals surface area (Å²) in [5.41, 5.74) is 7.51. The summed E-state index contributed by atoms with van der Waals surface area (Å²) >= 11 is 6.21. The van der Waals surface area contributed by atoms with Crippen molar-refractivity contribution in [3.63, 3.8) is 0 Å². The Bertz CT molecular complexity index is 520. The Balaban J connectivity index is 2.68. The molecule has 1 aromatic heterocycles. The largest absolute Gasteiger partial charge is 0.372 e. The maximum atomic E-state index is 6.21. The molecule has 2 N–H and O–H groups in total. The van der Waals surface area contributed by atoms with E-state index in [1.54, 1.807) is 7.11 Å². The quantitative estimate of drug-likeness (QED) is 0.910. The number of imidazole rings is 1. The van der Waals surface area contributed by atoms with E-state index in [1.165, 1.54) is 0 Å². The van der Waals surface area contributed by atoms with Crippen LogP contribution in [0.1, 0.15) is 18.9 Å². The van der Waals surface area contributed by atoms with Gasteiger partial charge in [-0.15, -0.1) is 0 Å². The van der Waals surface area contributed by atoms with Crippen molar-refractivity contribution in [3.8, 4) is 0 Å². The van der Waals surface area contributed by atoms with Crippen LogP contribution >= 0.6 is 11.6 Å². The number of rotatable bonds is 4. The summed E-state index contributed by atoms with van der Waals surface area (Å²) in [4.78, 5) is 4.56. The van der Waals surface area contributed by atoms with E-state index < -0.39 is 0 Å². The summed E-state index contributed by atoms with van der Waals surface area (Å²) in [6, 6.07) is 5.71. The Morgan fingerprint density at radius 3 is 2.88 bits per heavy atom. The van der Waals surface area contributed by atoms with Gasteiger partial charge >= 0.3 is 0 Å². The minimum absolute atomic E-state index is 0.196. The molecule has 4 nitrogen and oxygen atoms in total. The number of fused-ring (bicyclic) bond motifs is 1. The fourth-order valence-corrected chi connectivity index (χ4v) is 2.30. The van der Waals surface area contributed by atoms with Crippen LogP contribution in [-0.2, 0) is 11.3 Å². The molecule has 1 atom stereocenters. The van der Waals surface area contributed by atoms with Gasteiger partial charge in [-0.25, -0.2) is 4.98 Å². The zero-order valence-electron chi connectivity index (χ0n) is 9.98. The van der Waals surface area contributed by atoms with Crippen molar-refractivity contribution in [2.24, 2.45) is 5.73 Å². The fourth-order valence-electron chi connectivity index (χ4n) is 2.03. The third-order valence-electron chi connectivity index (χ3n) is 2.85. The molecule has 17 heavy (non-hydrogen) atoms. The van der Waals surface area contributed by atoms with Gasteiger partial charge in [0, 0.05) is 20.2 Å². The van der Waals surface area contributed by atoms with E-state index in [0.717, 1.165) is 23.4 Å². The fraction of sp³-hybridized carbons (Fsp3) is 0.417. The van der Waals surface area contributed by atoms with E-state index >= 15 is 0 Å². The number of ether oxygens (including phenoxy) is 1. The van der Waals surface area contributed by atoms with Gasteiger partial charge in [0.05, 0.1) is 16.1 Å². The first-order valence-corrected chi connectivity index (χ1v) is 5.98. The molecular formula is C12H16ClN3O. The van der Waals surface area contributed by atoms with Gasteiger partial charge in [-0.2, -0.15) is 0 Å². The van der Waals surface area contributed by atoms with E-state index in [2.05, 4.69) is 16.5 Å². The smallest absolute Gasteiger partial charge is 0.140 e. The molecule has 0 radical (unpaired) electrons. The van der Waals surface area contributed by atoms with Crippen molar-refractivity contribution in [1.82, 2.24) is 9.55 Å². The average Bonchev–Trinajstić information content (AvgIpc) is 2.70. The van der Waals surface area contributed by atoms with E-state index in [4.69, 9.17) is 22.1 Å². The number of benzene rings is 1. The van der Waals surface area contributed by atoms with Crippen LogP contribution in [0.15, 0.2) is 18.2 Å². The number of hydrogen-bond donors (Lipinski definition) is 1. The highest BCUT2D eigenvalue weighted by molar-refractivity contribution is 6.35. The van der Waals surface area contributed by atoms with E-state index in [0.29, 0.717) is 11.6 Å². The highest BCUT2D eigenvalue weighted by Crippen LogP contribution is 2.27. The summed E-state index contributed by atoms with van der Waals surface area (Å²) in [5.74, 6) is 0.834.